The highest BCUT2D eigenvalue weighted by molar-refractivity contribution is 5.85. The summed E-state index contributed by atoms with van der Waals surface area (Å²) < 4.78 is 0. The van der Waals surface area contributed by atoms with E-state index in [-0.39, 0.29) is 28.8 Å². The van der Waals surface area contributed by atoms with Gasteiger partial charge in [-0.3, -0.25) is 10.1 Å². The molecule has 4 aliphatic carbocycles. The third-order valence-electron chi connectivity index (χ3n) is 8.91. The molecule has 8 atom stereocenters. The number of hydrogen-bond donors (Lipinski definition) is 1. The Bertz CT molecular complexity index is 516. The van der Waals surface area contributed by atoms with Crippen LogP contribution in [0.5, 0.6) is 0 Å². The molecule has 0 spiro atoms. The average Bonchev–Trinajstić information content (AvgIpc) is 2.85. The van der Waals surface area contributed by atoms with Crippen molar-refractivity contribution < 1.29 is 4.92 Å². The molecule has 4 fully saturated rings. The quantitative estimate of drug-likeness (QED) is 0.558. The second-order valence-corrected chi connectivity index (χ2v) is 9.61. The van der Waals surface area contributed by atoms with E-state index >= 15 is 0 Å². The van der Waals surface area contributed by atoms with Gasteiger partial charge in [-0.1, -0.05) is 13.8 Å². The van der Waals surface area contributed by atoms with Crippen LogP contribution in [-0.4, -0.2) is 17.0 Å². The van der Waals surface area contributed by atoms with Gasteiger partial charge < -0.3 is 5.73 Å². The molecule has 0 unspecified atom stereocenters. The van der Waals surface area contributed by atoms with Crippen LogP contribution in [0.25, 0.3) is 0 Å². The zero-order valence-electron chi connectivity index (χ0n) is 15.1. The lowest BCUT2D eigenvalue weighted by Gasteiger charge is -2.60. The normalized spacial score (nSPS) is 53.3. The van der Waals surface area contributed by atoms with Crippen LogP contribution >= 0.6 is 12.4 Å². The van der Waals surface area contributed by atoms with Gasteiger partial charge in [-0.2, -0.15) is 0 Å². The number of halogens is 1. The number of nitrogens with two attached hydrogens (primary N) is 1. The molecule has 4 saturated carbocycles. The number of rotatable bonds is 1. The molecule has 2 N–H and O–H groups in total. The number of nitrogens with zero attached hydrogens (tertiary/aromatic N) is 1. The molecule has 0 saturated heterocycles. The molecule has 4 aliphatic rings. The van der Waals surface area contributed by atoms with Crippen molar-refractivity contribution in [3.8, 4) is 0 Å². The van der Waals surface area contributed by atoms with E-state index < -0.39 is 0 Å². The van der Waals surface area contributed by atoms with E-state index in [1.54, 1.807) is 0 Å². The van der Waals surface area contributed by atoms with Gasteiger partial charge in [0, 0.05) is 22.8 Å². The van der Waals surface area contributed by atoms with E-state index in [4.69, 9.17) is 5.73 Å². The first-order valence-electron chi connectivity index (χ1n) is 9.75. The second kappa shape index (κ2) is 6.12. The zero-order valence-corrected chi connectivity index (χ0v) is 15.9. The lowest BCUT2D eigenvalue weighted by atomic mass is 9.45. The summed E-state index contributed by atoms with van der Waals surface area (Å²) in [5, 5.41) is 11.5. The molecule has 4 rings (SSSR count). The summed E-state index contributed by atoms with van der Waals surface area (Å²) in [5.74, 6) is 2.90. The Morgan fingerprint density at radius 2 is 1.62 bits per heavy atom. The standard InChI is InChI=1S/C19H32N2O2.ClH/c1-18-9-7-13(20)11-12(18)3-4-14-15-5-6-17(21(22)23)19(15,2)10-8-16(14)18;/h12-17H,3-11,20H2,1-2H3;1H/t12-,13+,14-,15-,16-,17-,18-,19-;/m0./s1. The summed E-state index contributed by atoms with van der Waals surface area (Å²) in [6.07, 6.45) is 10.4. The molecule has 0 amide bonds. The zero-order chi connectivity index (χ0) is 16.4. The third kappa shape index (κ3) is 2.43. The number of nitro groups is 1. The van der Waals surface area contributed by atoms with Crippen molar-refractivity contribution in [3.05, 3.63) is 10.1 Å². The third-order valence-corrected chi connectivity index (χ3v) is 8.91. The van der Waals surface area contributed by atoms with Crippen LogP contribution in [0.15, 0.2) is 0 Å². The van der Waals surface area contributed by atoms with Crippen LogP contribution in [-0.2, 0) is 0 Å². The molecule has 4 nitrogen and oxygen atoms in total. The summed E-state index contributed by atoms with van der Waals surface area (Å²) in [4.78, 5) is 11.6. The Morgan fingerprint density at radius 1 is 0.958 bits per heavy atom. The molecule has 0 aliphatic heterocycles. The van der Waals surface area contributed by atoms with Crippen molar-refractivity contribution in [3.63, 3.8) is 0 Å². The topological polar surface area (TPSA) is 69.2 Å². The Hall–Kier alpha value is -0.350. The van der Waals surface area contributed by atoms with Crippen molar-refractivity contribution >= 4 is 12.4 Å². The van der Waals surface area contributed by atoms with Gasteiger partial charge >= 0.3 is 0 Å². The first-order chi connectivity index (χ1) is 10.9. The Balaban J connectivity index is 0.00000169. The molecule has 0 aromatic rings. The molecule has 0 aromatic heterocycles. The molecule has 0 bridgehead atoms. The predicted octanol–water partition coefficient (Wildman–Crippen LogP) is 4.42. The summed E-state index contributed by atoms with van der Waals surface area (Å²) in [6, 6.07) is 0.114. The molecule has 0 radical (unpaired) electrons. The lowest BCUT2D eigenvalue weighted by molar-refractivity contribution is -0.540. The van der Waals surface area contributed by atoms with Gasteiger partial charge in [0.1, 0.15) is 0 Å². The highest BCUT2D eigenvalue weighted by atomic mass is 35.5. The van der Waals surface area contributed by atoms with E-state index in [1.807, 2.05) is 0 Å². The second-order valence-electron chi connectivity index (χ2n) is 9.61. The number of fused-ring (bicyclic) bond motifs is 5. The molecule has 0 heterocycles. The van der Waals surface area contributed by atoms with Crippen molar-refractivity contribution in [2.24, 2.45) is 40.2 Å². The van der Waals surface area contributed by atoms with Gasteiger partial charge in [0.2, 0.25) is 6.04 Å². The van der Waals surface area contributed by atoms with Crippen LogP contribution < -0.4 is 5.73 Å². The molecular weight excluding hydrogens is 324 g/mol. The first kappa shape index (κ1) is 18.4. The number of hydrogen-bond acceptors (Lipinski definition) is 3. The monoisotopic (exact) mass is 356 g/mol. The molecule has 5 heteroatoms. The maximum atomic E-state index is 11.5. The molecule has 138 valence electrons. The summed E-state index contributed by atoms with van der Waals surface area (Å²) in [6.45, 7) is 4.77. The fraction of sp³-hybridized carbons (Fsp3) is 1.00. The van der Waals surface area contributed by atoms with Crippen LogP contribution in [0.1, 0.15) is 71.6 Å². The fourth-order valence-electron chi connectivity index (χ4n) is 7.61. The van der Waals surface area contributed by atoms with E-state index in [2.05, 4.69) is 13.8 Å². The largest absolute Gasteiger partial charge is 0.328 e. The Kier molecular flexibility index (Phi) is 4.70. The highest BCUT2D eigenvalue weighted by Gasteiger charge is 2.63. The Morgan fingerprint density at radius 3 is 2.33 bits per heavy atom. The molecule has 24 heavy (non-hydrogen) atoms. The van der Waals surface area contributed by atoms with Gasteiger partial charge in [0.05, 0.1) is 0 Å². The fourth-order valence-corrected chi connectivity index (χ4v) is 7.61. The minimum Gasteiger partial charge on any atom is -0.328 e. The summed E-state index contributed by atoms with van der Waals surface area (Å²) in [5.41, 5.74) is 6.66. The Labute approximate surface area is 151 Å². The average molecular weight is 357 g/mol. The van der Waals surface area contributed by atoms with Crippen LogP contribution in [0, 0.1) is 44.6 Å². The van der Waals surface area contributed by atoms with Crippen LogP contribution in [0.3, 0.4) is 0 Å². The smallest absolute Gasteiger partial charge is 0.218 e. The predicted molar refractivity (Wildman–Crippen MR) is 97.7 cm³/mol. The van der Waals surface area contributed by atoms with Gasteiger partial charge in [-0.25, -0.2) is 0 Å². The summed E-state index contributed by atoms with van der Waals surface area (Å²) in [7, 11) is 0. The maximum absolute atomic E-state index is 11.5. The van der Waals surface area contributed by atoms with Gasteiger partial charge in [-0.15, -0.1) is 12.4 Å². The van der Waals surface area contributed by atoms with Gasteiger partial charge in [-0.05, 0) is 80.5 Å². The van der Waals surface area contributed by atoms with Crippen molar-refractivity contribution in [2.45, 2.75) is 83.7 Å². The van der Waals surface area contributed by atoms with Crippen molar-refractivity contribution in [2.75, 3.05) is 0 Å². The summed E-state index contributed by atoms with van der Waals surface area (Å²) >= 11 is 0. The molecular formula is C19H33ClN2O2. The molecule has 0 aromatic carbocycles. The van der Waals surface area contributed by atoms with E-state index in [9.17, 15) is 10.1 Å². The van der Waals surface area contributed by atoms with E-state index in [0.29, 0.717) is 17.4 Å². The minimum absolute atomic E-state index is 0. The SMILES string of the molecule is C[C@]12CC[C@@H](N)C[C@@H]1CC[C@@H]1[C@@H]2CC[C@]2(C)[C@@H]([N+](=O)[O-])CC[C@@H]12.Cl. The van der Waals surface area contributed by atoms with E-state index in [0.717, 1.165) is 37.0 Å². The van der Waals surface area contributed by atoms with Crippen LogP contribution in [0.4, 0.5) is 0 Å². The first-order valence-corrected chi connectivity index (χ1v) is 9.75. The van der Waals surface area contributed by atoms with E-state index in [1.165, 1.54) is 38.5 Å². The van der Waals surface area contributed by atoms with Crippen LogP contribution in [0.2, 0.25) is 0 Å². The van der Waals surface area contributed by atoms with Gasteiger partial charge in [0.15, 0.2) is 0 Å². The highest BCUT2D eigenvalue weighted by Crippen LogP contribution is 2.66. The van der Waals surface area contributed by atoms with Crippen molar-refractivity contribution in [1.29, 1.82) is 0 Å². The van der Waals surface area contributed by atoms with Crippen molar-refractivity contribution in [1.82, 2.24) is 0 Å². The minimum atomic E-state index is -0.293. The van der Waals surface area contributed by atoms with Gasteiger partial charge in [0.25, 0.3) is 0 Å². The lowest BCUT2D eigenvalue weighted by Crippen LogP contribution is -2.55. The maximum Gasteiger partial charge on any atom is 0.218 e.